The molecule has 7 heteroatoms. The Morgan fingerprint density at radius 3 is 2.81 bits per heavy atom. The van der Waals surface area contributed by atoms with Crippen LogP contribution >= 0.6 is 0 Å². The number of nitrogens with one attached hydrogen (secondary N) is 3. The molecule has 2 aromatic carbocycles. The molecule has 4 rings (SSSR count). The van der Waals surface area contributed by atoms with Gasteiger partial charge in [-0.1, -0.05) is 30.3 Å². The van der Waals surface area contributed by atoms with E-state index in [1.54, 1.807) is 18.2 Å². The zero-order valence-electron chi connectivity index (χ0n) is 13.9. The van der Waals surface area contributed by atoms with Crippen molar-refractivity contribution in [2.45, 2.75) is 6.42 Å². The number of rotatable bonds is 6. The summed E-state index contributed by atoms with van der Waals surface area (Å²) in [5, 5.41) is 15.2. The fourth-order valence-corrected chi connectivity index (χ4v) is 2.79. The summed E-state index contributed by atoms with van der Waals surface area (Å²) >= 11 is 0. The molecule has 2 heterocycles. The van der Waals surface area contributed by atoms with Crippen molar-refractivity contribution in [3.05, 3.63) is 72.3 Å². The molecule has 0 aliphatic heterocycles. The third-order valence-corrected chi connectivity index (χ3v) is 4.05. The number of hydrogen-bond donors (Lipinski definition) is 3. The second kappa shape index (κ2) is 7.18. The first kappa shape index (κ1) is 16.0. The predicted molar refractivity (Wildman–Crippen MR) is 100 cm³/mol. The molecule has 0 bridgehead atoms. The lowest BCUT2D eigenvalue weighted by atomic mass is 10.1. The van der Waals surface area contributed by atoms with Gasteiger partial charge in [-0.15, -0.1) is 5.10 Å². The van der Waals surface area contributed by atoms with Gasteiger partial charge in [0.15, 0.2) is 5.82 Å². The van der Waals surface area contributed by atoms with Gasteiger partial charge in [-0.3, -0.25) is 0 Å². The quantitative estimate of drug-likeness (QED) is 0.493. The van der Waals surface area contributed by atoms with Crippen LogP contribution < -0.4 is 10.6 Å². The molecule has 0 atom stereocenters. The standard InChI is InChI=1S/C19H17FN6/c20-15-6-2-4-8-17(15)24-18-12-23-26-19(25-18)21-10-9-13-11-22-16-7-3-1-5-14(13)16/h1-8,11-12,22H,9-10H2,(H2,21,24,25,26). The van der Waals surface area contributed by atoms with Crippen LogP contribution in [0.3, 0.4) is 0 Å². The SMILES string of the molecule is Fc1ccccc1Nc1cnnc(NCCc2c[nH]c3ccccc23)n1. The molecule has 4 aromatic rings. The number of fused-ring (bicyclic) bond motifs is 1. The summed E-state index contributed by atoms with van der Waals surface area (Å²) in [6.45, 7) is 0.659. The molecule has 130 valence electrons. The van der Waals surface area contributed by atoms with E-state index in [-0.39, 0.29) is 5.82 Å². The number of halogens is 1. The Morgan fingerprint density at radius 1 is 1.04 bits per heavy atom. The van der Waals surface area contributed by atoms with Crippen LogP contribution in [-0.4, -0.2) is 26.7 Å². The van der Waals surface area contributed by atoms with E-state index >= 15 is 0 Å². The van der Waals surface area contributed by atoms with Crippen LogP contribution in [-0.2, 0) is 6.42 Å². The van der Waals surface area contributed by atoms with E-state index in [1.807, 2.05) is 18.3 Å². The number of para-hydroxylation sites is 2. The number of H-pyrrole nitrogens is 1. The number of nitrogens with zero attached hydrogens (tertiary/aromatic N) is 3. The summed E-state index contributed by atoms with van der Waals surface area (Å²) < 4.78 is 13.7. The van der Waals surface area contributed by atoms with Gasteiger partial charge >= 0.3 is 0 Å². The first-order valence-electron chi connectivity index (χ1n) is 8.30. The van der Waals surface area contributed by atoms with E-state index in [2.05, 4.69) is 42.9 Å². The van der Waals surface area contributed by atoms with Gasteiger partial charge in [-0.05, 0) is 30.2 Å². The Kier molecular flexibility index (Phi) is 4.42. The predicted octanol–water partition coefficient (Wildman–Crippen LogP) is 3.89. The highest BCUT2D eigenvalue weighted by Gasteiger charge is 2.06. The summed E-state index contributed by atoms with van der Waals surface area (Å²) in [7, 11) is 0. The fraction of sp³-hybridized carbons (Fsp3) is 0.105. The van der Waals surface area contributed by atoms with Crippen molar-refractivity contribution in [1.82, 2.24) is 20.2 Å². The highest BCUT2D eigenvalue weighted by Crippen LogP contribution is 2.19. The van der Waals surface area contributed by atoms with Crippen LogP contribution in [0.4, 0.5) is 21.8 Å². The smallest absolute Gasteiger partial charge is 0.244 e. The van der Waals surface area contributed by atoms with Crippen LogP contribution in [0.2, 0.25) is 0 Å². The summed E-state index contributed by atoms with van der Waals surface area (Å²) in [5.41, 5.74) is 2.69. The Labute approximate surface area is 149 Å². The molecule has 0 saturated carbocycles. The Morgan fingerprint density at radius 2 is 1.88 bits per heavy atom. The third kappa shape index (κ3) is 3.46. The zero-order chi connectivity index (χ0) is 17.8. The van der Waals surface area contributed by atoms with Gasteiger partial charge in [0.2, 0.25) is 5.95 Å². The van der Waals surface area contributed by atoms with Crippen molar-refractivity contribution in [3.63, 3.8) is 0 Å². The summed E-state index contributed by atoms with van der Waals surface area (Å²) in [6.07, 6.45) is 4.29. The lowest BCUT2D eigenvalue weighted by molar-refractivity contribution is 0.631. The molecular weight excluding hydrogens is 331 g/mol. The molecule has 0 radical (unpaired) electrons. The highest BCUT2D eigenvalue weighted by atomic mass is 19.1. The second-order valence-electron chi connectivity index (χ2n) is 5.81. The molecule has 0 aliphatic rings. The number of benzene rings is 2. The van der Waals surface area contributed by atoms with E-state index in [1.165, 1.54) is 23.2 Å². The van der Waals surface area contributed by atoms with E-state index in [9.17, 15) is 4.39 Å². The van der Waals surface area contributed by atoms with Crippen molar-refractivity contribution in [2.75, 3.05) is 17.2 Å². The van der Waals surface area contributed by atoms with Gasteiger partial charge in [0.05, 0.1) is 11.9 Å². The fourth-order valence-electron chi connectivity index (χ4n) is 2.79. The zero-order valence-corrected chi connectivity index (χ0v) is 13.9. The lowest BCUT2D eigenvalue weighted by Gasteiger charge is -2.08. The second-order valence-corrected chi connectivity index (χ2v) is 5.81. The van der Waals surface area contributed by atoms with Crippen LogP contribution in [0.15, 0.2) is 60.9 Å². The summed E-state index contributed by atoms with van der Waals surface area (Å²) in [4.78, 5) is 7.58. The minimum absolute atomic E-state index is 0.345. The maximum absolute atomic E-state index is 13.7. The maximum atomic E-state index is 13.7. The number of aromatic amines is 1. The molecule has 0 amide bonds. The van der Waals surface area contributed by atoms with Gasteiger partial charge in [-0.25, -0.2) is 4.39 Å². The number of anilines is 3. The topological polar surface area (TPSA) is 78.5 Å². The van der Waals surface area contributed by atoms with Crippen LogP contribution in [0.5, 0.6) is 0 Å². The van der Waals surface area contributed by atoms with Crippen LogP contribution in [0.1, 0.15) is 5.56 Å². The lowest BCUT2D eigenvalue weighted by Crippen LogP contribution is -2.09. The normalized spacial score (nSPS) is 10.8. The van der Waals surface area contributed by atoms with E-state index in [0.29, 0.717) is 24.0 Å². The number of aromatic nitrogens is 4. The van der Waals surface area contributed by atoms with E-state index in [4.69, 9.17) is 0 Å². The Hall–Kier alpha value is -3.48. The average molecular weight is 348 g/mol. The molecule has 2 aromatic heterocycles. The summed E-state index contributed by atoms with van der Waals surface area (Å²) in [6, 6.07) is 14.6. The average Bonchev–Trinajstić information content (AvgIpc) is 3.07. The molecule has 0 saturated heterocycles. The molecule has 0 unspecified atom stereocenters. The largest absolute Gasteiger partial charge is 0.361 e. The highest BCUT2D eigenvalue weighted by molar-refractivity contribution is 5.83. The van der Waals surface area contributed by atoms with Crippen LogP contribution in [0, 0.1) is 5.82 Å². The molecule has 6 nitrogen and oxygen atoms in total. The van der Waals surface area contributed by atoms with Gasteiger partial charge < -0.3 is 15.6 Å². The van der Waals surface area contributed by atoms with Gasteiger partial charge in [0.25, 0.3) is 0 Å². The van der Waals surface area contributed by atoms with Crippen molar-refractivity contribution in [1.29, 1.82) is 0 Å². The first-order chi connectivity index (χ1) is 12.8. The molecule has 26 heavy (non-hydrogen) atoms. The van der Waals surface area contributed by atoms with Gasteiger partial charge in [0.1, 0.15) is 5.82 Å². The first-order valence-corrected chi connectivity index (χ1v) is 8.30. The van der Waals surface area contributed by atoms with Crippen molar-refractivity contribution >= 4 is 28.4 Å². The molecule has 3 N–H and O–H groups in total. The number of hydrogen-bond acceptors (Lipinski definition) is 5. The van der Waals surface area contributed by atoms with Crippen molar-refractivity contribution in [3.8, 4) is 0 Å². The van der Waals surface area contributed by atoms with Crippen LogP contribution in [0.25, 0.3) is 10.9 Å². The van der Waals surface area contributed by atoms with Crippen molar-refractivity contribution < 1.29 is 4.39 Å². The van der Waals surface area contributed by atoms with Crippen molar-refractivity contribution in [2.24, 2.45) is 0 Å². The van der Waals surface area contributed by atoms with Gasteiger partial charge in [0, 0.05) is 23.6 Å². The maximum Gasteiger partial charge on any atom is 0.244 e. The monoisotopic (exact) mass is 348 g/mol. The summed E-state index contributed by atoms with van der Waals surface area (Å²) in [5.74, 6) is 0.478. The minimum Gasteiger partial charge on any atom is -0.361 e. The molecule has 0 aliphatic carbocycles. The molecular formula is C19H17FN6. The van der Waals surface area contributed by atoms with Gasteiger partial charge in [-0.2, -0.15) is 10.1 Å². The molecule has 0 fully saturated rings. The minimum atomic E-state index is -0.347. The Balaban J connectivity index is 1.40. The van der Waals surface area contributed by atoms with E-state index in [0.717, 1.165) is 11.9 Å². The Bertz CT molecular complexity index is 1030. The van der Waals surface area contributed by atoms with E-state index < -0.39 is 0 Å². The molecule has 0 spiro atoms. The third-order valence-electron chi connectivity index (χ3n) is 4.05.